The van der Waals surface area contributed by atoms with Crippen molar-refractivity contribution in [1.29, 1.82) is 5.26 Å². The molecule has 1 aromatic carbocycles. The molecule has 0 bridgehead atoms. The maximum Gasteiger partial charge on any atom is 0.258 e. The first kappa shape index (κ1) is 24.2. The van der Waals surface area contributed by atoms with E-state index in [2.05, 4.69) is 11.0 Å². The summed E-state index contributed by atoms with van der Waals surface area (Å²) in [6.45, 7) is 7.90. The minimum absolute atomic E-state index is 0.0107. The van der Waals surface area contributed by atoms with Crippen LogP contribution in [0.25, 0.3) is 0 Å². The second kappa shape index (κ2) is 10.5. The van der Waals surface area contributed by atoms with Gasteiger partial charge in [-0.15, -0.1) is 0 Å². The van der Waals surface area contributed by atoms with E-state index in [1.54, 1.807) is 4.57 Å². The molecule has 0 aliphatic carbocycles. The topological polar surface area (TPSA) is 103 Å². The average Bonchev–Trinajstić information content (AvgIpc) is 2.76. The molecule has 2 aromatic rings. The van der Waals surface area contributed by atoms with Gasteiger partial charge in [0.05, 0.1) is 24.7 Å². The zero-order valence-electron chi connectivity index (χ0n) is 20.0. The smallest absolute Gasteiger partial charge is 0.258 e. The summed E-state index contributed by atoms with van der Waals surface area (Å²) < 4.78 is 19.2. The number of nitriles is 1. The Bertz CT molecular complexity index is 1140. The third-order valence-electron chi connectivity index (χ3n) is 5.59. The van der Waals surface area contributed by atoms with Gasteiger partial charge in [0, 0.05) is 23.9 Å². The molecule has 0 radical (unpaired) electrons. The van der Waals surface area contributed by atoms with E-state index < -0.39 is 5.92 Å². The first-order valence-electron chi connectivity index (χ1n) is 11.2. The lowest BCUT2D eigenvalue weighted by molar-refractivity contribution is 0.284. The first-order chi connectivity index (χ1) is 15.8. The Balaban J connectivity index is 2.25. The summed E-state index contributed by atoms with van der Waals surface area (Å²) in [5.41, 5.74) is 7.94. The zero-order chi connectivity index (χ0) is 24.1. The molecule has 0 saturated carbocycles. The van der Waals surface area contributed by atoms with Crippen LogP contribution in [0.3, 0.4) is 0 Å². The molecule has 0 fully saturated rings. The standard InChI is InChI=1S/C25H32N4O4/c1-6-31-19-11-8-10-17(23(19)32-7-2)21-18(15-26)24(27)33-20-14-16(3)29(25(30)22(20)21)13-9-12-28(4)5/h8,10-11,14,21H,6-7,9,12-13,27H2,1-5H3. The molecule has 2 N–H and O–H groups in total. The van der Waals surface area contributed by atoms with Gasteiger partial charge in [0.15, 0.2) is 11.5 Å². The Morgan fingerprint density at radius 2 is 1.97 bits per heavy atom. The van der Waals surface area contributed by atoms with Gasteiger partial charge in [0.25, 0.3) is 5.56 Å². The molecule has 1 aliphatic heterocycles. The number of fused-ring (bicyclic) bond motifs is 1. The van der Waals surface area contributed by atoms with Crippen molar-refractivity contribution in [3.8, 4) is 23.3 Å². The number of hydrogen-bond acceptors (Lipinski definition) is 7. The van der Waals surface area contributed by atoms with E-state index in [4.69, 9.17) is 19.9 Å². The van der Waals surface area contributed by atoms with Crippen LogP contribution < -0.4 is 25.5 Å². The normalized spacial score (nSPS) is 15.1. The lowest BCUT2D eigenvalue weighted by Gasteiger charge is -2.29. The SMILES string of the molecule is CCOc1cccc(C2C(C#N)=C(N)Oc3cc(C)n(CCCN(C)C)c(=O)c32)c1OCC. The second-order valence-corrected chi connectivity index (χ2v) is 8.14. The molecule has 1 aliphatic rings. The molecule has 1 aromatic heterocycles. The largest absolute Gasteiger partial charge is 0.490 e. The highest BCUT2D eigenvalue weighted by Crippen LogP contribution is 2.46. The number of aromatic nitrogens is 1. The summed E-state index contributed by atoms with van der Waals surface area (Å²) in [6.07, 6.45) is 0.811. The van der Waals surface area contributed by atoms with Crippen LogP contribution in [-0.2, 0) is 6.54 Å². The summed E-state index contributed by atoms with van der Waals surface area (Å²) in [6, 6.07) is 9.45. The molecule has 1 unspecified atom stereocenters. The van der Waals surface area contributed by atoms with Gasteiger partial charge < -0.3 is 29.4 Å². The molecule has 8 nitrogen and oxygen atoms in total. The maximum absolute atomic E-state index is 13.8. The summed E-state index contributed by atoms with van der Waals surface area (Å²) in [7, 11) is 4.00. The molecule has 0 saturated heterocycles. The van der Waals surface area contributed by atoms with E-state index in [1.165, 1.54) is 0 Å². The molecule has 33 heavy (non-hydrogen) atoms. The van der Waals surface area contributed by atoms with Gasteiger partial charge in [0.2, 0.25) is 5.88 Å². The predicted molar refractivity (Wildman–Crippen MR) is 127 cm³/mol. The van der Waals surface area contributed by atoms with Crippen molar-refractivity contribution >= 4 is 0 Å². The summed E-state index contributed by atoms with van der Waals surface area (Å²) in [5.74, 6) is 0.683. The summed E-state index contributed by atoms with van der Waals surface area (Å²) in [4.78, 5) is 15.8. The van der Waals surface area contributed by atoms with Gasteiger partial charge in [-0.05, 0) is 53.9 Å². The molecular weight excluding hydrogens is 420 g/mol. The molecule has 1 atom stereocenters. The average molecular weight is 453 g/mol. The molecule has 176 valence electrons. The Labute approximate surface area is 194 Å². The van der Waals surface area contributed by atoms with Gasteiger partial charge in [-0.25, -0.2) is 0 Å². The van der Waals surface area contributed by atoms with Crippen molar-refractivity contribution in [3.05, 3.63) is 62.9 Å². The third kappa shape index (κ3) is 4.83. The molecule has 0 amide bonds. The number of benzene rings is 1. The van der Waals surface area contributed by atoms with E-state index >= 15 is 0 Å². The van der Waals surface area contributed by atoms with Crippen LogP contribution in [0.4, 0.5) is 0 Å². The molecule has 0 spiro atoms. The van der Waals surface area contributed by atoms with Crippen molar-refractivity contribution in [2.45, 2.75) is 39.7 Å². The quantitative estimate of drug-likeness (QED) is 0.623. The molecule has 2 heterocycles. The van der Waals surface area contributed by atoms with Crippen molar-refractivity contribution in [2.75, 3.05) is 33.9 Å². The first-order valence-corrected chi connectivity index (χ1v) is 11.2. The van der Waals surface area contributed by atoms with E-state index in [0.717, 1.165) is 18.7 Å². The van der Waals surface area contributed by atoms with Crippen LogP contribution in [0.1, 0.15) is 43.0 Å². The number of aryl methyl sites for hydroxylation is 1. The fourth-order valence-corrected chi connectivity index (χ4v) is 4.15. The highest BCUT2D eigenvalue weighted by atomic mass is 16.5. The Morgan fingerprint density at radius 3 is 2.61 bits per heavy atom. The van der Waals surface area contributed by atoms with Gasteiger partial charge in [0.1, 0.15) is 17.4 Å². The van der Waals surface area contributed by atoms with Crippen molar-refractivity contribution in [3.63, 3.8) is 0 Å². The fraction of sp³-hybridized carbons (Fsp3) is 0.440. The van der Waals surface area contributed by atoms with Gasteiger partial charge in [-0.1, -0.05) is 12.1 Å². The van der Waals surface area contributed by atoms with E-state index in [0.29, 0.717) is 48.1 Å². The molecule has 3 rings (SSSR count). The van der Waals surface area contributed by atoms with E-state index in [9.17, 15) is 10.1 Å². The summed E-state index contributed by atoms with van der Waals surface area (Å²) in [5, 5.41) is 9.98. The second-order valence-electron chi connectivity index (χ2n) is 8.14. The van der Waals surface area contributed by atoms with Crippen LogP contribution in [0.2, 0.25) is 0 Å². The minimum atomic E-state index is -0.728. The third-order valence-corrected chi connectivity index (χ3v) is 5.59. The van der Waals surface area contributed by atoms with Crippen molar-refractivity contribution < 1.29 is 14.2 Å². The maximum atomic E-state index is 13.8. The zero-order valence-corrected chi connectivity index (χ0v) is 20.0. The van der Waals surface area contributed by atoms with Gasteiger partial charge in [-0.3, -0.25) is 4.79 Å². The van der Waals surface area contributed by atoms with Crippen LogP contribution in [0.15, 0.2) is 40.5 Å². The van der Waals surface area contributed by atoms with Crippen molar-refractivity contribution in [2.24, 2.45) is 5.73 Å². The summed E-state index contributed by atoms with van der Waals surface area (Å²) >= 11 is 0. The number of nitrogens with two attached hydrogens (primary N) is 1. The van der Waals surface area contributed by atoms with Crippen LogP contribution in [-0.4, -0.2) is 43.3 Å². The van der Waals surface area contributed by atoms with Crippen LogP contribution in [0, 0.1) is 18.3 Å². The minimum Gasteiger partial charge on any atom is -0.490 e. The molecular formula is C25H32N4O4. The van der Waals surface area contributed by atoms with Crippen LogP contribution in [0.5, 0.6) is 17.2 Å². The number of rotatable bonds is 9. The number of ether oxygens (including phenoxy) is 3. The highest BCUT2D eigenvalue weighted by molar-refractivity contribution is 5.60. The van der Waals surface area contributed by atoms with E-state index in [-0.39, 0.29) is 17.0 Å². The van der Waals surface area contributed by atoms with Gasteiger partial charge in [-0.2, -0.15) is 5.26 Å². The lowest BCUT2D eigenvalue weighted by atomic mass is 9.83. The lowest BCUT2D eigenvalue weighted by Crippen LogP contribution is -2.33. The Hall–Kier alpha value is -3.44. The number of nitrogens with zero attached hydrogens (tertiary/aromatic N) is 3. The number of allylic oxidation sites excluding steroid dienone is 1. The van der Waals surface area contributed by atoms with E-state index in [1.807, 2.05) is 59.1 Å². The fourth-order valence-electron chi connectivity index (χ4n) is 4.15. The van der Waals surface area contributed by atoms with Crippen molar-refractivity contribution in [1.82, 2.24) is 9.47 Å². The highest BCUT2D eigenvalue weighted by Gasteiger charge is 2.36. The number of para-hydroxylation sites is 1. The van der Waals surface area contributed by atoms with Crippen LogP contribution >= 0.6 is 0 Å². The Morgan fingerprint density at radius 1 is 1.24 bits per heavy atom. The molecule has 8 heteroatoms. The monoisotopic (exact) mass is 452 g/mol. The Kier molecular flexibility index (Phi) is 7.67. The number of hydrogen-bond donors (Lipinski definition) is 1. The number of pyridine rings is 1. The predicted octanol–water partition coefficient (Wildman–Crippen LogP) is 3.12. The van der Waals surface area contributed by atoms with Gasteiger partial charge >= 0.3 is 0 Å².